The summed E-state index contributed by atoms with van der Waals surface area (Å²) in [4.78, 5) is 28.5. The molecule has 0 aliphatic carbocycles. The van der Waals surface area contributed by atoms with Gasteiger partial charge in [0, 0.05) is 31.2 Å². The summed E-state index contributed by atoms with van der Waals surface area (Å²) in [5.41, 5.74) is 0.377. The molecule has 1 heterocycles. The average molecular weight is 420 g/mol. The van der Waals surface area contributed by atoms with E-state index in [-0.39, 0.29) is 30.4 Å². The third-order valence-electron chi connectivity index (χ3n) is 3.21. The highest BCUT2D eigenvalue weighted by Crippen LogP contribution is 2.14. The molecule has 0 aliphatic heterocycles. The maximum absolute atomic E-state index is 12.4. The van der Waals surface area contributed by atoms with Gasteiger partial charge in [0.2, 0.25) is 5.91 Å². The Morgan fingerprint density at radius 2 is 2.12 bits per heavy atom. The number of fused-ring (bicyclic) bond motifs is 1. The minimum atomic E-state index is -0.232. The normalized spacial score (nSPS) is 10.4. The number of ether oxygens (including phenoxy) is 1. The van der Waals surface area contributed by atoms with E-state index in [1.165, 1.54) is 10.9 Å². The van der Waals surface area contributed by atoms with E-state index in [4.69, 9.17) is 4.74 Å². The number of carbonyl (C=O) groups excluding carboxylic acids is 1. The van der Waals surface area contributed by atoms with Crippen LogP contribution in [0.1, 0.15) is 0 Å². The molecule has 0 bridgehead atoms. The number of hydrogen-bond acceptors (Lipinski definition) is 5. The number of nitrogens with one attached hydrogen (secondary N) is 2. The van der Waals surface area contributed by atoms with Gasteiger partial charge in [0.25, 0.3) is 5.56 Å². The summed E-state index contributed by atoms with van der Waals surface area (Å²) >= 11 is 3.33. The Kier molecular flexibility index (Phi) is 8.91. The van der Waals surface area contributed by atoms with Crippen molar-refractivity contribution >= 4 is 45.1 Å². The third kappa shape index (κ3) is 5.86. The zero-order valence-corrected chi connectivity index (χ0v) is 15.7. The molecule has 1 amide bonds. The Morgan fingerprint density at radius 1 is 1.33 bits per heavy atom. The first kappa shape index (κ1) is 20.6. The summed E-state index contributed by atoms with van der Waals surface area (Å²) in [6.07, 6.45) is 1.40. The lowest BCUT2D eigenvalue weighted by atomic mass is 10.2. The highest BCUT2D eigenvalue weighted by Gasteiger charge is 2.08. The first-order chi connectivity index (χ1) is 11.1. The Bertz CT molecular complexity index is 738. The molecular weight excluding hydrogens is 400 g/mol. The fourth-order valence-corrected chi connectivity index (χ4v) is 2.41. The topological polar surface area (TPSA) is 85.2 Å². The molecule has 0 radical (unpaired) electrons. The molecule has 9 heteroatoms. The number of carbonyl (C=O) groups is 1. The van der Waals surface area contributed by atoms with Crippen LogP contribution in [0, 0.1) is 0 Å². The molecule has 0 spiro atoms. The van der Waals surface area contributed by atoms with Gasteiger partial charge >= 0.3 is 0 Å². The van der Waals surface area contributed by atoms with Crippen LogP contribution in [0.3, 0.4) is 0 Å². The van der Waals surface area contributed by atoms with Gasteiger partial charge in [-0.1, -0.05) is 15.9 Å². The van der Waals surface area contributed by atoms with Crippen molar-refractivity contribution in [2.45, 2.75) is 6.54 Å². The van der Waals surface area contributed by atoms with E-state index >= 15 is 0 Å². The van der Waals surface area contributed by atoms with Crippen LogP contribution in [0.25, 0.3) is 10.9 Å². The van der Waals surface area contributed by atoms with E-state index < -0.39 is 0 Å². The number of hydrogen-bond donors (Lipinski definition) is 2. The van der Waals surface area contributed by atoms with E-state index in [1.54, 1.807) is 19.2 Å². The van der Waals surface area contributed by atoms with Crippen molar-refractivity contribution in [3.63, 3.8) is 0 Å². The molecule has 0 atom stereocenters. The van der Waals surface area contributed by atoms with Crippen LogP contribution >= 0.6 is 28.3 Å². The average Bonchev–Trinajstić information content (AvgIpc) is 2.54. The number of nitrogens with zero attached hydrogens (tertiary/aromatic N) is 2. The second-order valence-corrected chi connectivity index (χ2v) is 5.85. The molecule has 1 aromatic carbocycles. The second kappa shape index (κ2) is 10.4. The van der Waals surface area contributed by atoms with Gasteiger partial charge in [-0.2, -0.15) is 0 Å². The molecule has 24 heavy (non-hydrogen) atoms. The lowest BCUT2D eigenvalue weighted by Gasteiger charge is -2.09. The molecule has 132 valence electrons. The van der Waals surface area contributed by atoms with Gasteiger partial charge in [0.15, 0.2) is 0 Å². The summed E-state index contributed by atoms with van der Waals surface area (Å²) < 4.78 is 7.01. The van der Waals surface area contributed by atoms with Gasteiger partial charge in [-0.25, -0.2) is 4.98 Å². The molecule has 2 aromatic rings. The highest BCUT2D eigenvalue weighted by atomic mass is 79.9. The predicted molar refractivity (Wildman–Crippen MR) is 98.7 cm³/mol. The van der Waals surface area contributed by atoms with Crippen molar-refractivity contribution in [1.29, 1.82) is 0 Å². The van der Waals surface area contributed by atoms with Crippen LogP contribution in [0.15, 0.2) is 33.8 Å². The highest BCUT2D eigenvalue weighted by molar-refractivity contribution is 9.10. The quantitative estimate of drug-likeness (QED) is 0.622. The summed E-state index contributed by atoms with van der Waals surface area (Å²) in [7, 11) is 1.64. The second-order valence-electron chi connectivity index (χ2n) is 4.93. The van der Waals surface area contributed by atoms with Gasteiger partial charge in [0.1, 0.15) is 6.54 Å². The fraction of sp³-hybridized carbons (Fsp3) is 0.400. The minimum absolute atomic E-state index is 0. The first-order valence-electron chi connectivity index (χ1n) is 7.23. The van der Waals surface area contributed by atoms with E-state index in [0.717, 1.165) is 11.0 Å². The summed E-state index contributed by atoms with van der Waals surface area (Å²) in [6.45, 7) is 2.44. The number of aromatic nitrogens is 2. The zero-order valence-electron chi connectivity index (χ0n) is 13.3. The number of benzene rings is 1. The molecule has 1 aromatic heterocycles. The molecule has 0 saturated heterocycles. The van der Waals surface area contributed by atoms with Crippen LogP contribution in [-0.4, -0.2) is 48.8 Å². The Morgan fingerprint density at radius 3 is 2.88 bits per heavy atom. The largest absolute Gasteiger partial charge is 0.383 e. The van der Waals surface area contributed by atoms with Gasteiger partial charge in [0.05, 0.1) is 23.8 Å². The summed E-state index contributed by atoms with van der Waals surface area (Å²) in [5.74, 6) is -0.225. The monoisotopic (exact) mass is 418 g/mol. The number of rotatable bonds is 8. The third-order valence-corrected chi connectivity index (χ3v) is 3.70. The van der Waals surface area contributed by atoms with Crippen molar-refractivity contribution in [3.05, 3.63) is 39.4 Å². The van der Waals surface area contributed by atoms with Crippen molar-refractivity contribution in [2.24, 2.45) is 0 Å². The number of halogens is 2. The minimum Gasteiger partial charge on any atom is -0.383 e. The molecule has 0 fully saturated rings. The number of methoxy groups -OCH3 is 1. The molecule has 0 unspecified atom stereocenters. The first-order valence-corrected chi connectivity index (χ1v) is 8.02. The lowest BCUT2D eigenvalue weighted by Crippen LogP contribution is -2.36. The molecule has 2 N–H and O–H groups in total. The van der Waals surface area contributed by atoms with Gasteiger partial charge in [-0.05, 0) is 18.2 Å². The summed E-state index contributed by atoms with van der Waals surface area (Å²) in [5, 5.41) is 6.36. The Balaban J connectivity index is 0.00000288. The van der Waals surface area contributed by atoms with Crippen molar-refractivity contribution in [2.75, 3.05) is 33.4 Å². The van der Waals surface area contributed by atoms with Crippen LogP contribution < -0.4 is 16.2 Å². The zero-order chi connectivity index (χ0) is 16.7. The van der Waals surface area contributed by atoms with Crippen LogP contribution in [0.5, 0.6) is 0 Å². The van der Waals surface area contributed by atoms with Crippen molar-refractivity contribution in [1.82, 2.24) is 20.2 Å². The van der Waals surface area contributed by atoms with Crippen molar-refractivity contribution in [3.8, 4) is 0 Å². The lowest BCUT2D eigenvalue weighted by molar-refractivity contribution is -0.121. The van der Waals surface area contributed by atoms with Crippen LogP contribution in [-0.2, 0) is 16.1 Å². The SMILES string of the molecule is COCCNCCNC(=O)Cn1cnc2ccc(Br)cc2c1=O.Cl. The van der Waals surface area contributed by atoms with Gasteiger partial charge < -0.3 is 15.4 Å². The number of amides is 1. The molecule has 0 aliphatic rings. The summed E-state index contributed by atoms with van der Waals surface area (Å²) in [6, 6.07) is 5.29. The van der Waals surface area contributed by atoms with E-state index in [0.29, 0.717) is 30.6 Å². The molecule has 7 nitrogen and oxygen atoms in total. The Labute approximate surface area is 154 Å². The fourth-order valence-electron chi connectivity index (χ4n) is 2.04. The molecule has 0 saturated carbocycles. The molecule has 2 rings (SSSR count). The maximum atomic E-state index is 12.4. The van der Waals surface area contributed by atoms with E-state index in [2.05, 4.69) is 31.5 Å². The van der Waals surface area contributed by atoms with Crippen LogP contribution in [0.4, 0.5) is 0 Å². The molecular formula is C15H20BrClN4O3. The maximum Gasteiger partial charge on any atom is 0.261 e. The predicted octanol–water partition coefficient (Wildman–Crippen LogP) is 0.933. The van der Waals surface area contributed by atoms with Gasteiger partial charge in [-0.3, -0.25) is 14.2 Å². The Hall–Kier alpha value is -1.48. The standard InChI is InChI=1S/C15H19BrN4O3.ClH/c1-23-7-6-17-4-5-18-14(21)9-20-10-19-13-3-2-11(16)8-12(13)15(20)22;/h2-3,8,10,17H,4-7,9H2,1H3,(H,18,21);1H. The smallest absolute Gasteiger partial charge is 0.261 e. The van der Waals surface area contributed by atoms with Crippen molar-refractivity contribution < 1.29 is 9.53 Å². The van der Waals surface area contributed by atoms with E-state index in [1.807, 2.05) is 6.07 Å². The van der Waals surface area contributed by atoms with Crippen LogP contribution in [0.2, 0.25) is 0 Å². The van der Waals surface area contributed by atoms with Gasteiger partial charge in [-0.15, -0.1) is 12.4 Å². The van der Waals surface area contributed by atoms with E-state index in [9.17, 15) is 9.59 Å².